The summed E-state index contributed by atoms with van der Waals surface area (Å²) < 4.78 is 11.7. The molecule has 2 heterocycles. The molecule has 0 saturated heterocycles. The minimum atomic E-state index is 0.142. The number of hydrogen-bond acceptors (Lipinski definition) is 3. The second-order valence-electron chi connectivity index (χ2n) is 5.62. The van der Waals surface area contributed by atoms with Gasteiger partial charge in [-0.2, -0.15) is 0 Å². The third-order valence-electron chi connectivity index (χ3n) is 4.21. The van der Waals surface area contributed by atoms with Crippen LogP contribution in [-0.4, -0.2) is 13.2 Å². The first-order chi connectivity index (χ1) is 10.3. The zero-order valence-electron chi connectivity index (χ0n) is 12.8. The van der Waals surface area contributed by atoms with Crippen molar-refractivity contribution in [3.05, 3.63) is 59.0 Å². The molecule has 1 aliphatic rings. The maximum absolute atomic E-state index is 6.04. The summed E-state index contributed by atoms with van der Waals surface area (Å²) in [5, 5.41) is 3.53. The first-order valence-electron chi connectivity index (χ1n) is 7.76. The van der Waals surface area contributed by atoms with Crippen molar-refractivity contribution >= 4 is 0 Å². The number of nitrogens with one attached hydrogen (secondary N) is 1. The molecule has 1 N–H and O–H groups in total. The van der Waals surface area contributed by atoms with E-state index in [2.05, 4.69) is 43.4 Å². The summed E-state index contributed by atoms with van der Waals surface area (Å²) in [7, 11) is 0. The van der Waals surface area contributed by atoms with Gasteiger partial charge < -0.3 is 14.5 Å². The Bertz CT molecular complexity index is 590. The van der Waals surface area contributed by atoms with Crippen LogP contribution in [0.15, 0.2) is 41.0 Å². The molecule has 0 fully saturated rings. The Labute approximate surface area is 126 Å². The van der Waals surface area contributed by atoms with Crippen LogP contribution in [0.1, 0.15) is 47.9 Å². The molecular weight excluding hydrogens is 262 g/mol. The predicted molar refractivity (Wildman–Crippen MR) is 83.3 cm³/mol. The van der Waals surface area contributed by atoms with E-state index in [9.17, 15) is 0 Å². The van der Waals surface area contributed by atoms with Gasteiger partial charge in [-0.3, -0.25) is 0 Å². The van der Waals surface area contributed by atoms with Gasteiger partial charge in [0.15, 0.2) is 0 Å². The first-order valence-corrected chi connectivity index (χ1v) is 7.76. The lowest BCUT2D eigenvalue weighted by molar-refractivity contribution is 0.0277. The average molecular weight is 285 g/mol. The van der Waals surface area contributed by atoms with Crippen molar-refractivity contribution in [2.24, 2.45) is 0 Å². The van der Waals surface area contributed by atoms with E-state index in [-0.39, 0.29) is 12.1 Å². The Morgan fingerprint density at radius 2 is 2.14 bits per heavy atom. The molecule has 0 aliphatic carbocycles. The Morgan fingerprint density at radius 1 is 1.29 bits per heavy atom. The number of fused-ring (bicyclic) bond motifs is 1. The second kappa shape index (κ2) is 6.46. The van der Waals surface area contributed by atoms with Crippen LogP contribution < -0.4 is 5.32 Å². The van der Waals surface area contributed by atoms with E-state index in [0.717, 1.165) is 31.8 Å². The Kier molecular flexibility index (Phi) is 4.42. The highest BCUT2D eigenvalue weighted by atomic mass is 16.5. The Hall–Kier alpha value is -1.58. The molecule has 2 aromatic rings. The van der Waals surface area contributed by atoms with Gasteiger partial charge in [0.05, 0.1) is 25.0 Å². The van der Waals surface area contributed by atoms with E-state index in [1.807, 2.05) is 6.07 Å². The topological polar surface area (TPSA) is 34.4 Å². The maximum atomic E-state index is 6.04. The summed E-state index contributed by atoms with van der Waals surface area (Å²) in [5.74, 6) is 1.03. The molecule has 21 heavy (non-hydrogen) atoms. The van der Waals surface area contributed by atoms with E-state index in [0.29, 0.717) is 0 Å². The molecule has 0 saturated carbocycles. The fourth-order valence-corrected chi connectivity index (χ4v) is 3.16. The SMILES string of the molecule is CCNC(CC1OCCc2ccccc21)c1occc1C. The van der Waals surface area contributed by atoms with Crippen molar-refractivity contribution in [2.75, 3.05) is 13.2 Å². The Morgan fingerprint density at radius 3 is 2.90 bits per heavy atom. The molecule has 0 bridgehead atoms. The van der Waals surface area contributed by atoms with Crippen molar-refractivity contribution in [1.29, 1.82) is 0 Å². The molecule has 3 rings (SSSR count). The number of rotatable bonds is 5. The summed E-state index contributed by atoms with van der Waals surface area (Å²) in [6, 6.07) is 10.8. The van der Waals surface area contributed by atoms with Crippen molar-refractivity contribution < 1.29 is 9.15 Å². The van der Waals surface area contributed by atoms with Gasteiger partial charge in [0.2, 0.25) is 0 Å². The standard InChI is InChI=1S/C18H23NO2/c1-3-19-16(18-13(2)8-10-21-18)12-17-15-7-5-4-6-14(15)9-11-20-17/h4-8,10,16-17,19H,3,9,11-12H2,1-2H3. The number of furan rings is 1. The highest BCUT2D eigenvalue weighted by Crippen LogP contribution is 2.35. The fraction of sp³-hybridized carbons (Fsp3) is 0.444. The van der Waals surface area contributed by atoms with E-state index in [1.54, 1.807) is 6.26 Å². The van der Waals surface area contributed by atoms with Gasteiger partial charge in [-0.1, -0.05) is 31.2 Å². The van der Waals surface area contributed by atoms with Gasteiger partial charge >= 0.3 is 0 Å². The molecule has 2 unspecified atom stereocenters. The zero-order chi connectivity index (χ0) is 14.7. The lowest BCUT2D eigenvalue weighted by Crippen LogP contribution is -2.26. The second-order valence-corrected chi connectivity index (χ2v) is 5.62. The van der Waals surface area contributed by atoms with E-state index >= 15 is 0 Å². The van der Waals surface area contributed by atoms with Crippen LogP contribution >= 0.6 is 0 Å². The third-order valence-corrected chi connectivity index (χ3v) is 4.21. The van der Waals surface area contributed by atoms with Gasteiger partial charge in [-0.15, -0.1) is 0 Å². The largest absolute Gasteiger partial charge is 0.467 e. The number of aryl methyl sites for hydroxylation is 1. The molecule has 112 valence electrons. The van der Waals surface area contributed by atoms with Crippen molar-refractivity contribution in [1.82, 2.24) is 5.32 Å². The van der Waals surface area contributed by atoms with Gasteiger partial charge in [0.1, 0.15) is 5.76 Å². The van der Waals surface area contributed by atoms with Crippen molar-refractivity contribution in [2.45, 2.75) is 38.8 Å². The lowest BCUT2D eigenvalue weighted by Gasteiger charge is -2.29. The number of benzene rings is 1. The van der Waals surface area contributed by atoms with Gasteiger partial charge in [0, 0.05) is 6.42 Å². The monoisotopic (exact) mass is 285 g/mol. The maximum Gasteiger partial charge on any atom is 0.123 e. The minimum absolute atomic E-state index is 0.142. The highest BCUT2D eigenvalue weighted by molar-refractivity contribution is 5.31. The molecule has 0 spiro atoms. The summed E-state index contributed by atoms with van der Waals surface area (Å²) >= 11 is 0. The smallest absolute Gasteiger partial charge is 0.123 e. The summed E-state index contributed by atoms with van der Waals surface area (Å²) in [4.78, 5) is 0. The van der Waals surface area contributed by atoms with Crippen LogP contribution in [0.4, 0.5) is 0 Å². The van der Waals surface area contributed by atoms with Crippen LogP contribution in [0.25, 0.3) is 0 Å². The van der Waals surface area contributed by atoms with E-state index < -0.39 is 0 Å². The van der Waals surface area contributed by atoms with E-state index in [1.165, 1.54) is 16.7 Å². The van der Waals surface area contributed by atoms with E-state index in [4.69, 9.17) is 9.15 Å². The number of hydrogen-bond donors (Lipinski definition) is 1. The van der Waals surface area contributed by atoms with Crippen LogP contribution in [0.5, 0.6) is 0 Å². The quantitative estimate of drug-likeness (QED) is 0.903. The Balaban J connectivity index is 1.83. The normalized spacial score (nSPS) is 19.2. The van der Waals surface area contributed by atoms with Crippen LogP contribution in [-0.2, 0) is 11.2 Å². The van der Waals surface area contributed by atoms with Gasteiger partial charge in [-0.25, -0.2) is 0 Å². The zero-order valence-corrected chi connectivity index (χ0v) is 12.8. The van der Waals surface area contributed by atoms with Crippen LogP contribution in [0.3, 0.4) is 0 Å². The van der Waals surface area contributed by atoms with Crippen LogP contribution in [0.2, 0.25) is 0 Å². The summed E-state index contributed by atoms with van der Waals surface area (Å²) in [6.45, 7) is 5.94. The molecule has 1 aliphatic heterocycles. The summed E-state index contributed by atoms with van der Waals surface area (Å²) in [6.07, 6.45) is 3.82. The van der Waals surface area contributed by atoms with Crippen LogP contribution in [0, 0.1) is 6.92 Å². The molecule has 3 nitrogen and oxygen atoms in total. The molecule has 1 aromatic carbocycles. The molecule has 0 radical (unpaired) electrons. The molecule has 2 atom stereocenters. The summed E-state index contributed by atoms with van der Waals surface area (Å²) in [5.41, 5.74) is 3.95. The molecular formula is C18H23NO2. The lowest BCUT2D eigenvalue weighted by atomic mass is 9.92. The first kappa shape index (κ1) is 14.4. The number of ether oxygens (including phenoxy) is 1. The molecule has 1 aromatic heterocycles. The average Bonchev–Trinajstić information content (AvgIpc) is 2.93. The highest BCUT2D eigenvalue weighted by Gasteiger charge is 2.26. The third kappa shape index (κ3) is 3.04. The molecule has 3 heteroatoms. The van der Waals surface area contributed by atoms with Gasteiger partial charge in [-0.05, 0) is 42.6 Å². The van der Waals surface area contributed by atoms with Crippen molar-refractivity contribution in [3.8, 4) is 0 Å². The predicted octanol–water partition coefficient (Wildman–Crippen LogP) is 3.94. The van der Waals surface area contributed by atoms with Crippen molar-refractivity contribution in [3.63, 3.8) is 0 Å². The fourth-order valence-electron chi connectivity index (χ4n) is 3.16. The minimum Gasteiger partial charge on any atom is -0.467 e. The van der Waals surface area contributed by atoms with Gasteiger partial charge in [0.25, 0.3) is 0 Å². The molecule has 0 amide bonds.